The number of imidazole rings is 1. The third-order valence-electron chi connectivity index (χ3n) is 4.41. The zero-order chi connectivity index (χ0) is 18.7. The average Bonchev–Trinajstić information content (AvgIpc) is 3.22. The normalized spacial score (nSPS) is 10.9. The van der Waals surface area contributed by atoms with Crippen LogP contribution in [-0.2, 0) is 0 Å². The average molecular weight is 346 g/mol. The van der Waals surface area contributed by atoms with Gasteiger partial charge in [0, 0.05) is 0 Å². The van der Waals surface area contributed by atoms with Gasteiger partial charge in [0.2, 0.25) is 5.78 Å². The summed E-state index contributed by atoms with van der Waals surface area (Å²) in [4.78, 5) is 13.1. The second kappa shape index (κ2) is 4.87. The molecule has 1 aromatic carbocycles. The number of rotatable bonds is 0. The van der Waals surface area contributed by atoms with E-state index in [9.17, 15) is 21.2 Å². The van der Waals surface area contributed by atoms with Gasteiger partial charge in [0.25, 0.3) is 0 Å². The molecule has 0 fully saturated rings. The Hall–Kier alpha value is -4.77. The highest BCUT2D eigenvalue weighted by Gasteiger charge is 2.23. The molecule has 0 saturated heterocycles. The lowest BCUT2D eigenvalue weighted by Gasteiger charge is -2.07. The first kappa shape index (κ1) is 14.6. The van der Waals surface area contributed by atoms with Crippen molar-refractivity contribution in [3.63, 3.8) is 0 Å². The summed E-state index contributed by atoms with van der Waals surface area (Å²) in [6.07, 6.45) is 0. The van der Waals surface area contributed by atoms with Crippen molar-refractivity contribution < 1.29 is 0 Å². The van der Waals surface area contributed by atoms with Gasteiger partial charge in [-0.25, -0.2) is 9.97 Å². The van der Waals surface area contributed by atoms with Gasteiger partial charge in [-0.2, -0.15) is 20.8 Å². The number of hydrogen-bond acceptors (Lipinski definition) is 6. The minimum Gasteiger partial charge on any atom is -0.763 e. The smallest absolute Gasteiger partial charge is 0.238 e. The molecule has 0 aliphatic carbocycles. The van der Waals surface area contributed by atoms with Gasteiger partial charge in [0.1, 0.15) is 35.0 Å². The molecule has 0 unspecified atom stereocenters. The maximum Gasteiger partial charge on any atom is 0.238 e. The molecular weight excluding hydrogens is 342 g/mol. The molecule has 5 rings (SSSR count). The fraction of sp³-hybridized carbons (Fsp3) is 0. The summed E-state index contributed by atoms with van der Waals surface area (Å²) in [5.41, 5.74) is 1.83. The van der Waals surface area contributed by atoms with Crippen molar-refractivity contribution in [2.45, 2.75) is 0 Å². The molecule has 27 heavy (non-hydrogen) atoms. The molecule has 0 saturated carbocycles. The number of benzene rings is 1. The summed E-state index contributed by atoms with van der Waals surface area (Å²) < 4.78 is 3.13. The summed E-state index contributed by atoms with van der Waals surface area (Å²) in [5.74, 6) is 2.25. The summed E-state index contributed by atoms with van der Waals surface area (Å²) in [6, 6.07) is 13.1. The zero-order valence-corrected chi connectivity index (χ0v) is 13.3. The van der Waals surface area contributed by atoms with Crippen molar-refractivity contribution in [2.24, 2.45) is 0 Å². The van der Waals surface area contributed by atoms with Crippen LogP contribution >= 0.6 is 0 Å². The van der Waals surface area contributed by atoms with Crippen LogP contribution in [0.3, 0.4) is 0 Å². The molecule has 4 heterocycles. The molecule has 0 amide bonds. The van der Waals surface area contributed by atoms with E-state index < -0.39 is 0 Å². The lowest BCUT2D eigenvalue weighted by Crippen LogP contribution is -2.09. The Labute approximate surface area is 149 Å². The molecule has 0 spiro atoms. The van der Waals surface area contributed by atoms with Crippen molar-refractivity contribution in [2.75, 3.05) is 0 Å². The molecule has 9 nitrogen and oxygen atoms in total. The van der Waals surface area contributed by atoms with Crippen LogP contribution in [0.2, 0.25) is 0 Å². The van der Waals surface area contributed by atoms with Crippen LogP contribution in [0, 0.1) is 34.0 Å². The van der Waals surface area contributed by atoms with Gasteiger partial charge >= 0.3 is 0 Å². The van der Waals surface area contributed by atoms with E-state index in [2.05, 4.69) is 15.0 Å². The summed E-state index contributed by atoms with van der Waals surface area (Å²) in [7, 11) is 0. The van der Waals surface area contributed by atoms with Gasteiger partial charge < -0.3 is 5.41 Å². The predicted molar refractivity (Wildman–Crippen MR) is 93.6 cm³/mol. The third-order valence-corrected chi connectivity index (χ3v) is 4.41. The Kier molecular flexibility index (Phi) is 2.63. The van der Waals surface area contributed by atoms with Crippen molar-refractivity contribution in [1.82, 2.24) is 23.8 Å². The Balaban J connectivity index is 2.30. The van der Waals surface area contributed by atoms with Crippen LogP contribution in [0.25, 0.3) is 39.2 Å². The largest absolute Gasteiger partial charge is 0.763 e. The topological polar surface area (TPSA) is 141 Å². The lowest BCUT2D eigenvalue weighted by molar-refractivity contribution is 1.05. The minimum absolute atomic E-state index is 0.0237. The SMILES string of the molecule is N#Cc1nc2c(=C=[N-])c(C#N)c3n2c(nc2nc4ccccc4n23)c1C#N. The van der Waals surface area contributed by atoms with E-state index in [0.717, 1.165) is 0 Å². The van der Waals surface area contributed by atoms with Gasteiger partial charge in [0.05, 0.1) is 16.3 Å². The van der Waals surface area contributed by atoms with Crippen LogP contribution in [0.1, 0.15) is 16.8 Å². The quantitative estimate of drug-likeness (QED) is 0.382. The Bertz CT molecular complexity index is 1660. The Morgan fingerprint density at radius 3 is 2.33 bits per heavy atom. The highest BCUT2D eigenvalue weighted by Crippen LogP contribution is 2.25. The van der Waals surface area contributed by atoms with E-state index in [4.69, 9.17) is 0 Å². The van der Waals surface area contributed by atoms with E-state index in [1.165, 1.54) is 4.40 Å². The van der Waals surface area contributed by atoms with E-state index in [-0.39, 0.29) is 39.1 Å². The number of aromatic nitrogens is 5. The number of nitriles is 3. The summed E-state index contributed by atoms with van der Waals surface area (Å²) in [6.45, 7) is 0. The molecule has 4 aromatic heterocycles. The number of fused-ring (bicyclic) bond motifs is 4. The molecule has 122 valence electrons. The highest BCUT2D eigenvalue weighted by atomic mass is 15.2. The Morgan fingerprint density at radius 2 is 1.63 bits per heavy atom. The molecule has 0 bridgehead atoms. The fourth-order valence-electron chi connectivity index (χ4n) is 3.34. The van der Waals surface area contributed by atoms with Crippen LogP contribution in [0.5, 0.6) is 0 Å². The molecular formula is C18H4N9-. The van der Waals surface area contributed by atoms with E-state index >= 15 is 0 Å². The maximum atomic E-state index is 9.73. The van der Waals surface area contributed by atoms with Crippen LogP contribution in [0.4, 0.5) is 0 Å². The molecule has 0 radical (unpaired) electrons. The van der Waals surface area contributed by atoms with Gasteiger partial charge in [-0.3, -0.25) is 14.7 Å². The summed E-state index contributed by atoms with van der Waals surface area (Å²) in [5, 5.41) is 38.3. The molecule has 0 atom stereocenters. The minimum atomic E-state index is -0.154. The van der Waals surface area contributed by atoms with Crippen LogP contribution < -0.4 is 5.22 Å². The van der Waals surface area contributed by atoms with Gasteiger partial charge in [-0.1, -0.05) is 12.1 Å². The van der Waals surface area contributed by atoms with E-state index in [0.29, 0.717) is 16.7 Å². The van der Waals surface area contributed by atoms with Crippen LogP contribution in [-0.4, -0.2) is 29.6 Å². The van der Waals surface area contributed by atoms with Crippen molar-refractivity contribution >= 4 is 39.6 Å². The van der Waals surface area contributed by atoms with Gasteiger partial charge in [-0.05, 0) is 12.1 Å². The maximum absolute atomic E-state index is 9.73. The first-order valence-electron chi connectivity index (χ1n) is 7.66. The monoisotopic (exact) mass is 346 g/mol. The second-order valence-electron chi connectivity index (χ2n) is 5.69. The number of nitrogens with zero attached hydrogens (tertiary/aromatic N) is 9. The molecule has 0 aliphatic heterocycles. The number of para-hydroxylation sites is 2. The lowest BCUT2D eigenvalue weighted by atomic mass is 10.2. The van der Waals surface area contributed by atoms with E-state index in [1.54, 1.807) is 10.5 Å². The molecule has 0 aliphatic rings. The van der Waals surface area contributed by atoms with Crippen LogP contribution in [0.15, 0.2) is 24.3 Å². The van der Waals surface area contributed by atoms with Crippen molar-refractivity contribution in [3.8, 4) is 18.2 Å². The highest BCUT2D eigenvalue weighted by molar-refractivity contribution is 5.88. The summed E-state index contributed by atoms with van der Waals surface area (Å²) >= 11 is 0. The first-order chi connectivity index (χ1) is 13.2. The zero-order valence-electron chi connectivity index (χ0n) is 13.3. The standard InChI is InChI=1S/C18H4N9/c19-5-9-10(6-20)17-26-14-4-2-1-3-12(14)24-18(26)25-16-11(7-21)13(8-22)23-15(9)27(16)17/h1-4H/q-1. The van der Waals surface area contributed by atoms with Gasteiger partial charge in [0.15, 0.2) is 17.0 Å². The van der Waals surface area contributed by atoms with Gasteiger partial charge in [-0.15, -0.1) is 0 Å². The second-order valence-corrected chi connectivity index (χ2v) is 5.69. The molecule has 5 aromatic rings. The molecule has 0 N–H and O–H groups in total. The predicted octanol–water partition coefficient (Wildman–Crippen LogP) is 0.928. The van der Waals surface area contributed by atoms with E-state index in [1.807, 2.05) is 42.3 Å². The van der Waals surface area contributed by atoms with Crippen molar-refractivity contribution in [1.29, 1.82) is 15.8 Å². The van der Waals surface area contributed by atoms with Crippen molar-refractivity contribution in [3.05, 3.63) is 51.7 Å². The third kappa shape index (κ3) is 1.59. The molecule has 9 heteroatoms. The Morgan fingerprint density at radius 1 is 0.852 bits per heavy atom. The number of hydrogen-bond donors (Lipinski definition) is 0. The first-order valence-corrected chi connectivity index (χ1v) is 7.66. The fourth-order valence-corrected chi connectivity index (χ4v) is 3.34.